The van der Waals surface area contributed by atoms with Crippen LogP contribution < -0.4 is 0 Å². The van der Waals surface area contributed by atoms with Crippen molar-refractivity contribution in [2.75, 3.05) is 0 Å². The molecule has 0 fully saturated rings. The van der Waals surface area contributed by atoms with Gasteiger partial charge >= 0.3 is 0 Å². The Kier molecular flexibility index (Phi) is 6.66. The summed E-state index contributed by atoms with van der Waals surface area (Å²) in [7, 11) is 0. The zero-order chi connectivity index (χ0) is 18.4. The number of benzene rings is 2. The first-order valence-electron chi connectivity index (χ1n) is 10.5. The van der Waals surface area contributed by atoms with Crippen LogP contribution in [0.25, 0.3) is 11.1 Å². The first-order valence-corrected chi connectivity index (χ1v) is 10.5. The molecular formula is C25H32O. The van der Waals surface area contributed by atoms with Gasteiger partial charge in [-0.05, 0) is 53.1 Å². The number of aryl methyl sites for hydroxylation is 1. The van der Waals surface area contributed by atoms with E-state index < -0.39 is 0 Å². The summed E-state index contributed by atoms with van der Waals surface area (Å²) in [6.45, 7) is 4.20. The van der Waals surface area contributed by atoms with Gasteiger partial charge in [-0.1, -0.05) is 82.7 Å². The minimum absolute atomic E-state index is 0.239. The van der Waals surface area contributed by atoms with Crippen molar-refractivity contribution in [2.24, 2.45) is 0 Å². The summed E-state index contributed by atoms with van der Waals surface area (Å²) in [4.78, 5) is 12.0. The van der Waals surface area contributed by atoms with Crippen LogP contribution in [0.4, 0.5) is 0 Å². The molecule has 0 aromatic heterocycles. The molecule has 0 atom stereocenters. The molecule has 0 bridgehead atoms. The Bertz CT molecular complexity index is 757. The van der Waals surface area contributed by atoms with Crippen LogP contribution in [-0.4, -0.2) is 5.78 Å². The van der Waals surface area contributed by atoms with Gasteiger partial charge in [0.2, 0.25) is 0 Å². The molecule has 0 spiro atoms. The molecule has 1 aliphatic rings. The minimum atomic E-state index is 0.239. The summed E-state index contributed by atoms with van der Waals surface area (Å²) >= 11 is 0. The van der Waals surface area contributed by atoms with Crippen molar-refractivity contribution in [1.29, 1.82) is 0 Å². The lowest BCUT2D eigenvalue weighted by Crippen LogP contribution is -1.97. The van der Waals surface area contributed by atoms with Crippen molar-refractivity contribution in [3.05, 3.63) is 58.7 Å². The quantitative estimate of drug-likeness (QED) is 0.281. The summed E-state index contributed by atoms with van der Waals surface area (Å²) in [5, 5.41) is 0. The Morgan fingerprint density at radius 2 is 1.46 bits per heavy atom. The van der Waals surface area contributed by atoms with Gasteiger partial charge in [-0.15, -0.1) is 0 Å². The molecule has 0 saturated heterocycles. The fourth-order valence-electron chi connectivity index (χ4n) is 4.08. The third kappa shape index (κ3) is 4.44. The minimum Gasteiger partial charge on any atom is -0.294 e. The van der Waals surface area contributed by atoms with E-state index in [2.05, 4.69) is 37.3 Å². The van der Waals surface area contributed by atoms with Gasteiger partial charge in [0.15, 0.2) is 5.78 Å². The maximum atomic E-state index is 12.0. The third-order valence-electron chi connectivity index (χ3n) is 5.66. The SMILES string of the molecule is CCCCCCCCCc1ccc2c(c1)Cc1cc(C(=O)CC)ccc1-2. The number of carbonyl (C=O) groups excluding carboxylic acids is 1. The third-order valence-corrected chi connectivity index (χ3v) is 5.66. The van der Waals surface area contributed by atoms with Crippen molar-refractivity contribution in [2.45, 2.75) is 78.1 Å². The van der Waals surface area contributed by atoms with E-state index in [4.69, 9.17) is 0 Å². The monoisotopic (exact) mass is 348 g/mol. The summed E-state index contributed by atoms with van der Waals surface area (Å²) < 4.78 is 0. The fourth-order valence-corrected chi connectivity index (χ4v) is 4.08. The van der Waals surface area contributed by atoms with Crippen LogP contribution >= 0.6 is 0 Å². The summed E-state index contributed by atoms with van der Waals surface area (Å²) in [6.07, 6.45) is 12.3. The average molecular weight is 349 g/mol. The zero-order valence-electron chi connectivity index (χ0n) is 16.4. The van der Waals surface area contributed by atoms with E-state index in [1.165, 1.54) is 79.2 Å². The van der Waals surface area contributed by atoms with Gasteiger partial charge in [-0.2, -0.15) is 0 Å². The van der Waals surface area contributed by atoms with E-state index >= 15 is 0 Å². The Balaban J connectivity index is 1.57. The average Bonchev–Trinajstić information content (AvgIpc) is 3.03. The second-order valence-corrected chi connectivity index (χ2v) is 7.69. The Morgan fingerprint density at radius 3 is 2.19 bits per heavy atom. The second-order valence-electron chi connectivity index (χ2n) is 7.69. The number of unbranched alkanes of at least 4 members (excludes halogenated alkanes) is 6. The number of ketones is 1. The van der Waals surface area contributed by atoms with E-state index in [0.717, 1.165) is 12.0 Å². The zero-order valence-corrected chi connectivity index (χ0v) is 16.4. The first kappa shape index (κ1) is 18.9. The van der Waals surface area contributed by atoms with E-state index in [0.29, 0.717) is 6.42 Å². The number of carbonyl (C=O) groups is 1. The van der Waals surface area contributed by atoms with Crippen LogP contribution in [0.5, 0.6) is 0 Å². The molecule has 1 heteroatoms. The Hall–Kier alpha value is -1.89. The highest BCUT2D eigenvalue weighted by Crippen LogP contribution is 2.37. The second kappa shape index (κ2) is 9.16. The molecule has 1 nitrogen and oxygen atoms in total. The molecule has 0 radical (unpaired) electrons. The molecular weight excluding hydrogens is 316 g/mol. The maximum absolute atomic E-state index is 12.0. The van der Waals surface area contributed by atoms with Crippen LogP contribution in [0.15, 0.2) is 36.4 Å². The smallest absolute Gasteiger partial charge is 0.162 e. The summed E-state index contributed by atoms with van der Waals surface area (Å²) in [5.74, 6) is 0.239. The fraction of sp³-hybridized carbons (Fsp3) is 0.480. The molecule has 0 unspecified atom stereocenters. The molecule has 138 valence electrons. The van der Waals surface area contributed by atoms with Crippen molar-refractivity contribution in [3.8, 4) is 11.1 Å². The van der Waals surface area contributed by atoms with Crippen molar-refractivity contribution in [1.82, 2.24) is 0 Å². The van der Waals surface area contributed by atoms with E-state index in [9.17, 15) is 4.79 Å². The lowest BCUT2D eigenvalue weighted by atomic mass is 9.99. The first-order chi connectivity index (χ1) is 12.7. The maximum Gasteiger partial charge on any atom is 0.162 e. The Morgan fingerprint density at radius 1 is 0.808 bits per heavy atom. The highest BCUT2D eigenvalue weighted by Gasteiger charge is 2.19. The normalized spacial score (nSPS) is 12.1. The number of hydrogen-bond acceptors (Lipinski definition) is 1. The lowest BCUT2D eigenvalue weighted by molar-refractivity contribution is 0.0988. The van der Waals surface area contributed by atoms with Crippen molar-refractivity contribution >= 4 is 5.78 Å². The molecule has 2 aromatic carbocycles. The molecule has 0 amide bonds. The van der Waals surface area contributed by atoms with Gasteiger partial charge in [0.25, 0.3) is 0 Å². The Labute approximate surface area is 158 Å². The molecule has 26 heavy (non-hydrogen) atoms. The van der Waals surface area contributed by atoms with Crippen LogP contribution in [0, 0.1) is 0 Å². The highest BCUT2D eigenvalue weighted by molar-refractivity contribution is 5.97. The molecule has 0 saturated carbocycles. The van der Waals surface area contributed by atoms with Crippen LogP contribution in [0.3, 0.4) is 0 Å². The van der Waals surface area contributed by atoms with Gasteiger partial charge < -0.3 is 0 Å². The molecule has 1 aliphatic carbocycles. The van der Waals surface area contributed by atoms with Crippen LogP contribution in [0.2, 0.25) is 0 Å². The molecule has 0 N–H and O–H groups in total. The van der Waals surface area contributed by atoms with Crippen molar-refractivity contribution < 1.29 is 4.79 Å². The number of hydrogen-bond donors (Lipinski definition) is 0. The van der Waals surface area contributed by atoms with E-state index in [-0.39, 0.29) is 5.78 Å². The molecule has 2 aromatic rings. The van der Waals surface area contributed by atoms with Crippen LogP contribution in [-0.2, 0) is 12.8 Å². The molecule has 0 aliphatic heterocycles. The largest absolute Gasteiger partial charge is 0.294 e. The number of rotatable bonds is 10. The van der Waals surface area contributed by atoms with Gasteiger partial charge in [-0.25, -0.2) is 0 Å². The number of fused-ring (bicyclic) bond motifs is 3. The van der Waals surface area contributed by atoms with Crippen LogP contribution in [0.1, 0.15) is 92.3 Å². The predicted molar refractivity (Wildman–Crippen MR) is 111 cm³/mol. The summed E-state index contributed by atoms with van der Waals surface area (Å²) in [5.41, 5.74) is 7.75. The van der Waals surface area contributed by atoms with Crippen molar-refractivity contribution in [3.63, 3.8) is 0 Å². The standard InChI is InChI=1S/C25H32O/c1-3-5-6-7-8-9-10-11-19-12-14-23-21(16-19)18-22-17-20(25(26)4-2)13-15-24(22)23/h12-17H,3-11,18H2,1-2H3. The molecule has 3 rings (SSSR count). The summed E-state index contributed by atoms with van der Waals surface area (Å²) in [6, 6.07) is 13.2. The van der Waals surface area contributed by atoms with E-state index in [1.807, 2.05) is 13.0 Å². The van der Waals surface area contributed by atoms with E-state index in [1.54, 1.807) is 0 Å². The number of Topliss-reactive ketones (excluding diaryl/α,β-unsaturated/α-hetero) is 1. The van der Waals surface area contributed by atoms with Gasteiger partial charge in [0, 0.05) is 12.0 Å². The topological polar surface area (TPSA) is 17.1 Å². The lowest BCUT2D eigenvalue weighted by Gasteiger charge is -2.06. The predicted octanol–water partition coefficient (Wildman–Crippen LogP) is 7.14. The van der Waals surface area contributed by atoms with Gasteiger partial charge in [-0.3, -0.25) is 4.79 Å². The highest BCUT2D eigenvalue weighted by atomic mass is 16.1. The van der Waals surface area contributed by atoms with Gasteiger partial charge in [0.1, 0.15) is 0 Å². The van der Waals surface area contributed by atoms with Gasteiger partial charge in [0.05, 0.1) is 0 Å². The molecule has 0 heterocycles.